The van der Waals surface area contributed by atoms with Gasteiger partial charge in [0.25, 0.3) is 11.8 Å². The van der Waals surface area contributed by atoms with Crippen molar-refractivity contribution in [2.24, 2.45) is 0 Å². The number of hydrazine groups is 1. The Morgan fingerprint density at radius 1 is 1.08 bits per heavy atom. The number of halogens is 2. The summed E-state index contributed by atoms with van der Waals surface area (Å²) >= 11 is 6.09. The number of nitrogens with one attached hydrogen (secondary N) is 2. The van der Waals surface area contributed by atoms with Crippen LogP contribution in [0, 0.1) is 5.82 Å². The highest BCUT2D eigenvalue weighted by atomic mass is 35.5. The number of amides is 2. The Balaban J connectivity index is 1.98. The second-order valence-corrected chi connectivity index (χ2v) is 5.43. The molecule has 0 radical (unpaired) electrons. The first-order chi connectivity index (χ1) is 12.4. The van der Waals surface area contributed by atoms with Gasteiger partial charge in [-0.2, -0.15) is 0 Å². The summed E-state index contributed by atoms with van der Waals surface area (Å²) in [4.78, 5) is 23.6. The molecular formula is C18H16ClFN2O4. The van der Waals surface area contributed by atoms with Gasteiger partial charge in [0.15, 0.2) is 11.5 Å². The fourth-order valence-corrected chi connectivity index (χ4v) is 2.34. The summed E-state index contributed by atoms with van der Waals surface area (Å²) in [6.45, 7) is 0. The molecule has 0 aromatic heterocycles. The molecule has 2 aromatic rings. The van der Waals surface area contributed by atoms with Crippen molar-refractivity contribution in [1.82, 2.24) is 10.9 Å². The first-order valence-corrected chi connectivity index (χ1v) is 7.78. The Hall–Kier alpha value is -3.06. The quantitative estimate of drug-likeness (QED) is 0.619. The lowest BCUT2D eigenvalue weighted by atomic mass is 10.2. The third-order valence-corrected chi connectivity index (χ3v) is 3.57. The largest absolute Gasteiger partial charge is 0.493 e. The molecule has 2 aromatic carbocycles. The number of ether oxygens (including phenoxy) is 2. The fraction of sp³-hybridized carbons (Fsp3) is 0.111. The van der Waals surface area contributed by atoms with E-state index in [1.165, 1.54) is 38.5 Å². The zero-order valence-electron chi connectivity index (χ0n) is 14.0. The predicted molar refractivity (Wildman–Crippen MR) is 95.6 cm³/mol. The Morgan fingerprint density at radius 2 is 1.77 bits per heavy atom. The average Bonchev–Trinajstić information content (AvgIpc) is 2.64. The van der Waals surface area contributed by atoms with Crippen molar-refractivity contribution >= 4 is 29.5 Å². The van der Waals surface area contributed by atoms with E-state index in [0.717, 1.165) is 12.1 Å². The maximum atomic E-state index is 12.8. The second-order valence-electron chi connectivity index (χ2n) is 5.02. The van der Waals surface area contributed by atoms with Crippen molar-refractivity contribution in [1.29, 1.82) is 0 Å². The Bertz CT molecular complexity index is 838. The summed E-state index contributed by atoms with van der Waals surface area (Å²) in [5, 5.41) is 0.330. The lowest BCUT2D eigenvalue weighted by Crippen LogP contribution is -2.40. The van der Waals surface area contributed by atoms with Gasteiger partial charge in [-0.25, -0.2) is 4.39 Å². The zero-order valence-corrected chi connectivity index (χ0v) is 14.8. The van der Waals surface area contributed by atoms with Crippen LogP contribution in [-0.2, 0) is 4.79 Å². The normalized spacial score (nSPS) is 10.5. The minimum atomic E-state index is -0.569. The summed E-state index contributed by atoms with van der Waals surface area (Å²) in [5.74, 6) is -0.777. The SMILES string of the molecule is COc1cc(/C=C/C(=O)NNC(=O)c2ccc(F)cc2)cc(Cl)c1OC. The lowest BCUT2D eigenvalue weighted by Gasteiger charge is -2.10. The van der Waals surface area contributed by atoms with Crippen molar-refractivity contribution in [3.8, 4) is 11.5 Å². The average molecular weight is 379 g/mol. The van der Waals surface area contributed by atoms with Crippen molar-refractivity contribution < 1.29 is 23.5 Å². The highest BCUT2D eigenvalue weighted by Crippen LogP contribution is 2.36. The van der Waals surface area contributed by atoms with Gasteiger partial charge in [0.2, 0.25) is 0 Å². The summed E-state index contributed by atoms with van der Waals surface area (Å²) in [6.07, 6.45) is 2.70. The smallest absolute Gasteiger partial charge is 0.269 e. The molecule has 0 atom stereocenters. The molecule has 8 heteroatoms. The molecule has 6 nitrogen and oxygen atoms in total. The van der Waals surface area contributed by atoms with Crippen LogP contribution in [0.15, 0.2) is 42.5 Å². The highest BCUT2D eigenvalue weighted by molar-refractivity contribution is 6.32. The molecule has 0 heterocycles. The number of rotatable bonds is 5. The monoisotopic (exact) mass is 378 g/mol. The van der Waals surface area contributed by atoms with Gasteiger partial charge in [-0.05, 0) is 48.0 Å². The molecule has 0 aliphatic carbocycles. The molecule has 26 heavy (non-hydrogen) atoms. The van der Waals surface area contributed by atoms with Gasteiger partial charge < -0.3 is 9.47 Å². The topological polar surface area (TPSA) is 76.7 Å². The molecule has 0 saturated carbocycles. The van der Waals surface area contributed by atoms with E-state index in [4.69, 9.17) is 21.1 Å². The van der Waals surface area contributed by atoms with E-state index in [0.29, 0.717) is 22.1 Å². The molecule has 0 bridgehead atoms. The van der Waals surface area contributed by atoms with E-state index in [9.17, 15) is 14.0 Å². The first-order valence-electron chi connectivity index (χ1n) is 7.40. The van der Waals surface area contributed by atoms with Gasteiger partial charge in [0.1, 0.15) is 5.82 Å². The van der Waals surface area contributed by atoms with Crippen molar-refractivity contribution in [2.45, 2.75) is 0 Å². The van der Waals surface area contributed by atoms with Gasteiger partial charge in [-0.1, -0.05) is 11.6 Å². The van der Waals surface area contributed by atoms with Crippen LogP contribution in [0.5, 0.6) is 11.5 Å². The molecule has 0 unspecified atom stereocenters. The number of benzene rings is 2. The van der Waals surface area contributed by atoms with Crippen LogP contribution in [0.3, 0.4) is 0 Å². The summed E-state index contributed by atoms with van der Waals surface area (Å²) in [5.41, 5.74) is 5.26. The predicted octanol–water partition coefficient (Wildman–Crippen LogP) is 2.97. The third-order valence-electron chi connectivity index (χ3n) is 3.29. The highest BCUT2D eigenvalue weighted by Gasteiger charge is 2.10. The summed E-state index contributed by atoms with van der Waals surface area (Å²) in [6, 6.07) is 8.15. The van der Waals surface area contributed by atoms with Crippen LogP contribution < -0.4 is 20.3 Å². The molecule has 2 rings (SSSR count). The van der Waals surface area contributed by atoms with Gasteiger partial charge >= 0.3 is 0 Å². The van der Waals surface area contributed by atoms with E-state index >= 15 is 0 Å². The van der Waals surface area contributed by atoms with Crippen LogP contribution >= 0.6 is 11.6 Å². The van der Waals surface area contributed by atoms with Gasteiger partial charge in [0.05, 0.1) is 19.2 Å². The summed E-state index contributed by atoms with van der Waals surface area (Å²) in [7, 11) is 2.94. The minimum Gasteiger partial charge on any atom is -0.493 e. The maximum Gasteiger partial charge on any atom is 0.269 e. The first kappa shape index (κ1) is 19.3. The number of methoxy groups -OCH3 is 2. The molecule has 0 fully saturated rings. The molecular weight excluding hydrogens is 363 g/mol. The molecule has 0 aliphatic heterocycles. The minimum absolute atomic E-state index is 0.211. The Labute approximate surface area is 154 Å². The van der Waals surface area contributed by atoms with Crippen LogP contribution in [0.1, 0.15) is 15.9 Å². The van der Waals surface area contributed by atoms with Crippen molar-refractivity contribution in [2.75, 3.05) is 14.2 Å². The van der Waals surface area contributed by atoms with Crippen LogP contribution in [0.25, 0.3) is 6.08 Å². The van der Waals surface area contributed by atoms with E-state index in [2.05, 4.69) is 10.9 Å². The molecule has 2 N–H and O–H groups in total. The lowest BCUT2D eigenvalue weighted by molar-refractivity contribution is -0.117. The Kier molecular flexibility index (Phi) is 6.57. The molecule has 0 saturated heterocycles. The molecule has 0 spiro atoms. The van der Waals surface area contributed by atoms with Gasteiger partial charge in [-0.15, -0.1) is 0 Å². The van der Waals surface area contributed by atoms with E-state index in [1.54, 1.807) is 12.1 Å². The number of hydrogen-bond donors (Lipinski definition) is 2. The number of hydrogen-bond acceptors (Lipinski definition) is 4. The van der Waals surface area contributed by atoms with Crippen LogP contribution in [0.2, 0.25) is 5.02 Å². The zero-order chi connectivity index (χ0) is 19.1. The van der Waals surface area contributed by atoms with Gasteiger partial charge in [-0.3, -0.25) is 20.4 Å². The standard InChI is InChI=1S/C18H16ClFN2O4/c1-25-15-10-11(9-14(19)17(15)26-2)3-8-16(23)21-22-18(24)12-4-6-13(20)7-5-12/h3-10H,1-2H3,(H,21,23)(H,22,24)/b8-3+. The van der Waals surface area contributed by atoms with E-state index < -0.39 is 17.6 Å². The van der Waals surface area contributed by atoms with Crippen LogP contribution in [0.4, 0.5) is 4.39 Å². The van der Waals surface area contributed by atoms with Gasteiger partial charge in [0, 0.05) is 11.6 Å². The summed E-state index contributed by atoms with van der Waals surface area (Å²) < 4.78 is 23.1. The van der Waals surface area contributed by atoms with Crippen LogP contribution in [-0.4, -0.2) is 26.0 Å². The second kappa shape index (κ2) is 8.87. The van der Waals surface area contributed by atoms with Crippen molar-refractivity contribution in [3.63, 3.8) is 0 Å². The molecule has 136 valence electrons. The Morgan fingerprint density at radius 3 is 2.38 bits per heavy atom. The van der Waals surface area contributed by atoms with E-state index in [-0.39, 0.29) is 5.56 Å². The van der Waals surface area contributed by atoms with Crippen molar-refractivity contribution in [3.05, 3.63) is 64.4 Å². The maximum absolute atomic E-state index is 12.8. The number of carbonyl (C=O) groups is 2. The third kappa shape index (κ3) is 4.97. The fourth-order valence-electron chi connectivity index (χ4n) is 2.04. The molecule has 2 amide bonds. The van der Waals surface area contributed by atoms with E-state index in [1.807, 2.05) is 0 Å². The molecule has 0 aliphatic rings. The number of carbonyl (C=O) groups excluding carboxylic acids is 2.